The van der Waals surface area contributed by atoms with Crippen LogP contribution in [0.15, 0.2) is 18.2 Å². The third kappa shape index (κ3) is 2.45. The standard InChI is InChI=1S/C14H17ClN2O/c1-14(2)9-17(6-5-13(14)18)12-7-11(15)4-3-10(12)8-16/h3-4,7,13,18H,5-6,9H2,1-2H3. The van der Waals surface area contributed by atoms with Gasteiger partial charge in [0.15, 0.2) is 0 Å². The van der Waals surface area contributed by atoms with Crippen LogP contribution in [0, 0.1) is 16.7 Å². The predicted molar refractivity (Wildman–Crippen MR) is 72.8 cm³/mol. The average molecular weight is 265 g/mol. The van der Waals surface area contributed by atoms with Crippen LogP contribution in [0.4, 0.5) is 5.69 Å². The molecule has 0 radical (unpaired) electrons. The van der Waals surface area contributed by atoms with Crippen molar-refractivity contribution in [3.8, 4) is 6.07 Å². The third-order valence-electron chi connectivity index (χ3n) is 3.59. The zero-order chi connectivity index (χ0) is 13.3. The first-order chi connectivity index (χ1) is 8.44. The fourth-order valence-corrected chi connectivity index (χ4v) is 2.58. The molecule has 96 valence electrons. The molecule has 1 aliphatic heterocycles. The first-order valence-corrected chi connectivity index (χ1v) is 6.44. The Balaban J connectivity index is 2.33. The van der Waals surface area contributed by atoms with Gasteiger partial charge in [0.2, 0.25) is 0 Å². The van der Waals surface area contributed by atoms with E-state index in [1.54, 1.807) is 12.1 Å². The summed E-state index contributed by atoms with van der Waals surface area (Å²) in [5, 5.41) is 19.8. The third-order valence-corrected chi connectivity index (χ3v) is 3.83. The van der Waals surface area contributed by atoms with Crippen LogP contribution >= 0.6 is 11.6 Å². The van der Waals surface area contributed by atoms with E-state index in [1.165, 1.54) is 0 Å². The Bertz CT molecular complexity index is 493. The van der Waals surface area contributed by atoms with E-state index in [-0.39, 0.29) is 11.5 Å². The lowest BCUT2D eigenvalue weighted by Gasteiger charge is -2.43. The van der Waals surface area contributed by atoms with Crippen LogP contribution in [0.3, 0.4) is 0 Å². The molecule has 0 saturated carbocycles. The summed E-state index contributed by atoms with van der Waals surface area (Å²) >= 11 is 6.01. The Labute approximate surface area is 113 Å². The molecule has 1 atom stereocenters. The van der Waals surface area contributed by atoms with Crippen LogP contribution in [0.25, 0.3) is 0 Å². The maximum atomic E-state index is 9.96. The van der Waals surface area contributed by atoms with Gasteiger partial charge in [-0.3, -0.25) is 0 Å². The molecular weight excluding hydrogens is 248 g/mol. The second-order valence-electron chi connectivity index (χ2n) is 5.49. The van der Waals surface area contributed by atoms with Crippen molar-refractivity contribution in [2.45, 2.75) is 26.4 Å². The Morgan fingerprint density at radius 1 is 1.50 bits per heavy atom. The van der Waals surface area contributed by atoms with Crippen LogP contribution in [-0.4, -0.2) is 24.3 Å². The molecular formula is C14H17ClN2O. The smallest absolute Gasteiger partial charge is 0.101 e. The van der Waals surface area contributed by atoms with Crippen molar-refractivity contribution in [2.24, 2.45) is 5.41 Å². The predicted octanol–water partition coefficient (Wildman–Crippen LogP) is 2.81. The van der Waals surface area contributed by atoms with Gasteiger partial charge >= 0.3 is 0 Å². The molecule has 1 N–H and O–H groups in total. The van der Waals surface area contributed by atoms with Crippen molar-refractivity contribution < 1.29 is 5.11 Å². The summed E-state index contributed by atoms with van der Waals surface area (Å²) in [6.45, 7) is 5.56. The van der Waals surface area contributed by atoms with Gasteiger partial charge in [0.1, 0.15) is 6.07 Å². The molecule has 0 amide bonds. The largest absolute Gasteiger partial charge is 0.392 e. The van der Waals surface area contributed by atoms with Gasteiger partial charge in [0, 0.05) is 23.5 Å². The van der Waals surface area contributed by atoms with E-state index >= 15 is 0 Å². The van der Waals surface area contributed by atoms with Crippen molar-refractivity contribution in [3.05, 3.63) is 28.8 Å². The molecule has 1 aromatic rings. The summed E-state index contributed by atoms with van der Waals surface area (Å²) in [5.74, 6) is 0. The summed E-state index contributed by atoms with van der Waals surface area (Å²) in [7, 11) is 0. The van der Waals surface area contributed by atoms with Crippen molar-refractivity contribution in [2.75, 3.05) is 18.0 Å². The number of nitrogens with zero attached hydrogens (tertiary/aromatic N) is 2. The van der Waals surface area contributed by atoms with Gasteiger partial charge in [-0.25, -0.2) is 0 Å². The SMILES string of the molecule is CC1(C)CN(c2cc(Cl)ccc2C#N)CCC1O. The normalized spacial score (nSPS) is 22.6. The van der Waals surface area contributed by atoms with E-state index in [0.29, 0.717) is 17.0 Å². The van der Waals surface area contributed by atoms with Gasteiger partial charge in [-0.2, -0.15) is 5.26 Å². The summed E-state index contributed by atoms with van der Waals surface area (Å²) in [4.78, 5) is 2.14. The molecule has 0 aromatic heterocycles. The van der Waals surface area contributed by atoms with Crippen molar-refractivity contribution in [1.82, 2.24) is 0 Å². The summed E-state index contributed by atoms with van der Waals surface area (Å²) in [6.07, 6.45) is 0.420. The Hall–Kier alpha value is -1.24. The number of hydrogen-bond donors (Lipinski definition) is 1. The second-order valence-corrected chi connectivity index (χ2v) is 5.92. The van der Waals surface area contributed by atoms with Gasteiger partial charge in [-0.05, 0) is 24.6 Å². The van der Waals surface area contributed by atoms with E-state index in [2.05, 4.69) is 11.0 Å². The van der Waals surface area contributed by atoms with Crippen LogP contribution < -0.4 is 4.90 Å². The number of halogens is 1. The molecule has 0 bridgehead atoms. The minimum absolute atomic E-state index is 0.173. The molecule has 2 rings (SSSR count). The van der Waals surface area contributed by atoms with Crippen molar-refractivity contribution in [3.63, 3.8) is 0 Å². The molecule has 3 nitrogen and oxygen atoms in total. The van der Waals surface area contributed by atoms with Crippen LogP contribution in [0.2, 0.25) is 5.02 Å². The van der Waals surface area contributed by atoms with E-state index in [4.69, 9.17) is 16.9 Å². The van der Waals surface area contributed by atoms with Gasteiger partial charge in [-0.15, -0.1) is 0 Å². The minimum Gasteiger partial charge on any atom is -0.392 e. The van der Waals surface area contributed by atoms with Crippen LogP contribution in [-0.2, 0) is 0 Å². The number of aliphatic hydroxyl groups excluding tert-OH is 1. The number of hydrogen-bond acceptors (Lipinski definition) is 3. The molecule has 1 aromatic carbocycles. The molecule has 1 saturated heterocycles. The van der Waals surface area contributed by atoms with Crippen LogP contribution in [0.1, 0.15) is 25.8 Å². The summed E-state index contributed by atoms with van der Waals surface area (Å²) in [6, 6.07) is 7.50. The second kappa shape index (κ2) is 4.79. The Morgan fingerprint density at radius 2 is 2.22 bits per heavy atom. The Morgan fingerprint density at radius 3 is 2.83 bits per heavy atom. The molecule has 0 aliphatic carbocycles. The zero-order valence-electron chi connectivity index (χ0n) is 10.7. The van der Waals surface area contributed by atoms with Crippen molar-refractivity contribution >= 4 is 17.3 Å². The molecule has 1 unspecified atom stereocenters. The van der Waals surface area contributed by atoms with Gasteiger partial charge in [-0.1, -0.05) is 25.4 Å². The first-order valence-electron chi connectivity index (χ1n) is 6.07. The highest BCUT2D eigenvalue weighted by atomic mass is 35.5. The lowest BCUT2D eigenvalue weighted by Crippen LogP contribution is -2.48. The van der Waals surface area contributed by atoms with E-state index in [1.807, 2.05) is 19.9 Å². The van der Waals surface area contributed by atoms with E-state index in [0.717, 1.165) is 18.8 Å². The maximum absolute atomic E-state index is 9.96. The van der Waals surface area contributed by atoms with Gasteiger partial charge < -0.3 is 10.0 Å². The minimum atomic E-state index is -0.293. The Kier molecular flexibility index (Phi) is 3.52. The van der Waals surface area contributed by atoms with E-state index < -0.39 is 0 Å². The van der Waals surface area contributed by atoms with Crippen LogP contribution in [0.5, 0.6) is 0 Å². The highest BCUT2D eigenvalue weighted by Gasteiger charge is 2.35. The molecule has 4 heteroatoms. The zero-order valence-corrected chi connectivity index (χ0v) is 11.4. The topological polar surface area (TPSA) is 47.3 Å². The number of aliphatic hydroxyl groups is 1. The molecule has 1 aliphatic rings. The summed E-state index contributed by atoms with van der Waals surface area (Å²) < 4.78 is 0. The van der Waals surface area contributed by atoms with E-state index in [9.17, 15) is 5.11 Å². The van der Waals surface area contributed by atoms with Gasteiger partial charge in [0.05, 0.1) is 17.4 Å². The highest BCUT2D eigenvalue weighted by molar-refractivity contribution is 6.30. The monoisotopic (exact) mass is 264 g/mol. The average Bonchev–Trinajstić information content (AvgIpc) is 2.32. The summed E-state index contributed by atoms with van der Waals surface area (Å²) in [5.41, 5.74) is 1.32. The lowest BCUT2D eigenvalue weighted by atomic mass is 9.81. The number of anilines is 1. The van der Waals surface area contributed by atoms with Crippen molar-refractivity contribution in [1.29, 1.82) is 5.26 Å². The lowest BCUT2D eigenvalue weighted by molar-refractivity contribution is 0.0336. The fraction of sp³-hybridized carbons (Fsp3) is 0.500. The molecule has 1 fully saturated rings. The highest BCUT2D eigenvalue weighted by Crippen LogP contribution is 2.34. The number of benzene rings is 1. The first kappa shape index (κ1) is 13.2. The number of piperidine rings is 1. The molecule has 18 heavy (non-hydrogen) atoms. The maximum Gasteiger partial charge on any atom is 0.101 e. The number of nitriles is 1. The van der Waals surface area contributed by atoms with Gasteiger partial charge in [0.25, 0.3) is 0 Å². The fourth-order valence-electron chi connectivity index (χ4n) is 2.41. The quantitative estimate of drug-likeness (QED) is 0.848. The molecule has 1 heterocycles. The number of rotatable bonds is 1. The molecule has 0 spiro atoms.